The van der Waals surface area contributed by atoms with Crippen LogP contribution in [0.15, 0.2) is 4.52 Å². The van der Waals surface area contributed by atoms with Gasteiger partial charge in [-0.15, -0.1) is 5.10 Å². The molecule has 1 rings (SSSR count). The first-order valence-electron chi connectivity index (χ1n) is 1.56. The summed E-state index contributed by atoms with van der Waals surface area (Å²) >= 11 is 0. The number of hydrogen-bond acceptors (Lipinski definition) is 3. The molecule has 1 radical (unpaired) electrons. The standard InChI is InChI=1S/C3H3N2O/c1-3-2-6-5-4-3/h1H3. The minimum Gasteiger partial charge on any atom is -0.333 e. The van der Waals surface area contributed by atoms with Crippen molar-refractivity contribution in [1.82, 2.24) is 10.4 Å². The van der Waals surface area contributed by atoms with Gasteiger partial charge in [0.1, 0.15) is 5.69 Å². The second-order valence-electron chi connectivity index (χ2n) is 0.960. The molecule has 0 N–H and O–H groups in total. The van der Waals surface area contributed by atoms with Gasteiger partial charge in [-0.2, -0.15) is 0 Å². The van der Waals surface area contributed by atoms with Crippen LogP contribution in [-0.2, 0) is 0 Å². The number of hydrogen-bond donors (Lipinski definition) is 0. The van der Waals surface area contributed by atoms with Crippen LogP contribution in [0.1, 0.15) is 5.69 Å². The predicted molar refractivity (Wildman–Crippen MR) is 17.9 cm³/mol. The highest BCUT2D eigenvalue weighted by molar-refractivity contribution is 4.77. The van der Waals surface area contributed by atoms with Gasteiger partial charge in [-0.1, -0.05) is 0 Å². The maximum absolute atomic E-state index is 4.23. The van der Waals surface area contributed by atoms with E-state index in [0.717, 1.165) is 0 Å². The Labute approximate surface area is 34.9 Å². The van der Waals surface area contributed by atoms with E-state index in [1.807, 2.05) is 0 Å². The van der Waals surface area contributed by atoms with Gasteiger partial charge in [0.25, 0.3) is 0 Å². The van der Waals surface area contributed by atoms with Crippen LogP contribution in [0.3, 0.4) is 0 Å². The van der Waals surface area contributed by atoms with Crippen molar-refractivity contribution in [3.8, 4) is 0 Å². The molecular formula is C3H3N2O. The van der Waals surface area contributed by atoms with E-state index in [9.17, 15) is 0 Å². The molecule has 0 aliphatic rings. The fourth-order valence-electron chi connectivity index (χ4n) is 0.189. The van der Waals surface area contributed by atoms with Crippen molar-refractivity contribution in [3.05, 3.63) is 12.0 Å². The Hall–Kier alpha value is -0.860. The second-order valence-corrected chi connectivity index (χ2v) is 0.960. The summed E-state index contributed by atoms with van der Waals surface area (Å²) in [5, 5.41) is 6.59. The van der Waals surface area contributed by atoms with Crippen molar-refractivity contribution < 1.29 is 4.52 Å². The summed E-state index contributed by atoms with van der Waals surface area (Å²) in [5.41, 5.74) is 0.690. The third-order valence-corrected chi connectivity index (χ3v) is 0.425. The molecule has 3 nitrogen and oxygen atoms in total. The van der Waals surface area contributed by atoms with Crippen molar-refractivity contribution in [1.29, 1.82) is 0 Å². The van der Waals surface area contributed by atoms with E-state index in [1.165, 1.54) is 0 Å². The van der Waals surface area contributed by atoms with Crippen LogP contribution in [0, 0.1) is 13.2 Å². The zero-order valence-corrected chi connectivity index (χ0v) is 3.30. The first-order valence-corrected chi connectivity index (χ1v) is 1.56. The van der Waals surface area contributed by atoms with Crippen LogP contribution in [0.4, 0.5) is 0 Å². The molecular weight excluding hydrogens is 80.0 g/mol. The third-order valence-electron chi connectivity index (χ3n) is 0.425. The van der Waals surface area contributed by atoms with Gasteiger partial charge < -0.3 is 4.52 Å². The zero-order chi connectivity index (χ0) is 4.41. The largest absolute Gasteiger partial charge is 0.333 e. The van der Waals surface area contributed by atoms with Gasteiger partial charge in [0.05, 0.1) is 0 Å². The Morgan fingerprint density at radius 2 is 2.67 bits per heavy atom. The average molecular weight is 83.1 g/mol. The van der Waals surface area contributed by atoms with Gasteiger partial charge in [0, 0.05) is 5.27 Å². The first-order chi connectivity index (χ1) is 2.89. The van der Waals surface area contributed by atoms with E-state index in [4.69, 9.17) is 0 Å². The molecule has 0 saturated carbocycles. The zero-order valence-electron chi connectivity index (χ0n) is 3.30. The summed E-state index contributed by atoms with van der Waals surface area (Å²) in [6.45, 7) is 1.76. The van der Waals surface area contributed by atoms with Crippen molar-refractivity contribution in [2.75, 3.05) is 0 Å². The van der Waals surface area contributed by atoms with Crippen molar-refractivity contribution in [3.63, 3.8) is 0 Å². The van der Waals surface area contributed by atoms with E-state index in [1.54, 1.807) is 6.92 Å². The molecule has 0 aromatic carbocycles. The Morgan fingerprint density at radius 3 is 2.83 bits per heavy atom. The monoisotopic (exact) mass is 83.0 g/mol. The smallest absolute Gasteiger partial charge is 0.230 e. The molecule has 0 aliphatic heterocycles. The van der Waals surface area contributed by atoms with E-state index >= 15 is 0 Å². The molecule has 0 spiro atoms. The van der Waals surface area contributed by atoms with Crippen LogP contribution >= 0.6 is 0 Å². The Morgan fingerprint density at radius 1 is 1.83 bits per heavy atom. The lowest BCUT2D eigenvalue weighted by atomic mass is 10.6. The number of rotatable bonds is 0. The molecule has 0 amide bonds. The molecule has 0 atom stereocenters. The van der Waals surface area contributed by atoms with E-state index in [0.29, 0.717) is 5.69 Å². The van der Waals surface area contributed by atoms with Gasteiger partial charge in [-0.05, 0) is 6.92 Å². The minimum atomic E-state index is 0.690. The van der Waals surface area contributed by atoms with Gasteiger partial charge in [-0.25, -0.2) is 0 Å². The van der Waals surface area contributed by atoms with Crippen LogP contribution in [0.5, 0.6) is 0 Å². The molecule has 6 heavy (non-hydrogen) atoms. The fraction of sp³-hybridized carbons (Fsp3) is 0.333. The van der Waals surface area contributed by atoms with Crippen molar-refractivity contribution in [2.45, 2.75) is 6.92 Å². The number of nitrogens with zero attached hydrogens (tertiary/aromatic N) is 2. The summed E-state index contributed by atoms with van der Waals surface area (Å²) in [7, 11) is 0. The summed E-state index contributed by atoms with van der Waals surface area (Å²) in [4.78, 5) is 0. The van der Waals surface area contributed by atoms with Crippen LogP contribution in [0.2, 0.25) is 0 Å². The molecule has 3 heteroatoms. The summed E-state index contributed by atoms with van der Waals surface area (Å²) in [6, 6.07) is 0. The first kappa shape index (κ1) is 3.33. The highest BCUT2D eigenvalue weighted by Gasteiger charge is 1.82. The highest BCUT2D eigenvalue weighted by atomic mass is 16.5. The molecule has 0 saturated heterocycles. The third kappa shape index (κ3) is 0.381. The van der Waals surface area contributed by atoms with E-state index in [2.05, 4.69) is 21.2 Å². The van der Waals surface area contributed by atoms with Crippen molar-refractivity contribution >= 4 is 0 Å². The number of aromatic nitrogens is 2. The average Bonchev–Trinajstić information content (AvgIpc) is 1.86. The van der Waals surface area contributed by atoms with Gasteiger partial charge in [0.15, 0.2) is 0 Å². The Balaban J connectivity index is 3.05. The van der Waals surface area contributed by atoms with Crippen LogP contribution in [0.25, 0.3) is 0 Å². The molecule has 1 heterocycles. The molecule has 0 aliphatic carbocycles. The molecule has 0 unspecified atom stereocenters. The lowest BCUT2D eigenvalue weighted by Crippen LogP contribution is -1.65. The number of aryl methyl sites for hydroxylation is 1. The molecule has 1 aromatic heterocycles. The Kier molecular flexibility index (Phi) is 0.602. The quantitative estimate of drug-likeness (QED) is 0.449. The van der Waals surface area contributed by atoms with Crippen molar-refractivity contribution in [2.24, 2.45) is 0 Å². The summed E-state index contributed by atoms with van der Waals surface area (Å²) in [5.74, 6) is 0. The molecule has 0 bridgehead atoms. The lowest BCUT2D eigenvalue weighted by molar-refractivity contribution is 0.387. The van der Waals surface area contributed by atoms with Gasteiger partial charge in [-0.3, -0.25) is 0 Å². The SMILES string of the molecule is Cc1[c]onn1. The minimum absolute atomic E-state index is 0.690. The van der Waals surface area contributed by atoms with E-state index in [-0.39, 0.29) is 0 Å². The predicted octanol–water partition coefficient (Wildman–Crippen LogP) is 0.178. The van der Waals surface area contributed by atoms with Crippen LogP contribution < -0.4 is 0 Å². The maximum Gasteiger partial charge on any atom is 0.230 e. The molecule has 1 aromatic rings. The van der Waals surface area contributed by atoms with Gasteiger partial charge >= 0.3 is 0 Å². The second kappa shape index (κ2) is 1.08. The Bertz CT molecular complexity index is 112. The van der Waals surface area contributed by atoms with Gasteiger partial charge in [0.2, 0.25) is 6.26 Å². The van der Waals surface area contributed by atoms with E-state index < -0.39 is 0 Å². The summed E-state index contributed by atoms with van der Waals surface area (Å²) < 4.78 is 4.23. The maximum atomic E-state index is 4.23. The topological polar surface area (TPSA) is 38.9 Å². The summed E-state index contributed by atoms with van der Waals surface area (Å²) in [6.07, 6.45) is 2.40. The highest BCUT2D eigenvalue weighted by Crippen LogP contribution is 1.80. The van der Waals surface area contributed by atoms with Crippen LogP contribution in [-0.4, -0.2) is 10.4 Å². The fourth-order valence-corrected chi connectivity index (χ4v) is 0.189. The molecule has 0 fully saturated rings. The normalized spacial score (nSPS) is 8.83. The lowest BCUT2D eigenvalue weighted by Gasteiger charge is -1.56. The molecule has 31 valence electrons.